The number of likely N-dealkylation sites (tertiary alicyclic amines) is 1. The first-order valence-corrected chi connectivity index (χ1v) is 14.8. The number of aromatic nitrogens is 2. The lowest BCUT2D eigenvalue weighted by Gasteiger charge is -2.43. The molecule has 8 nitrogen and oxygen atoms in total. The van der Waals surface area contributed by atoms with Gasteiger partial charge in [-0.3, -0.25) is 15.1 Å². The minimum Gasteiger partial charge on any atom is -0.497 e. The van der Waals surface area contributed by atoms with Gasteiger partial charge in [0.2, 0.25) is 5.62 Å². The second-order valence-electron chi connectivity index (χ2n) is 11.8. The van der Waals surface area contributed by atoms with Crippen LogP contribution in [-0.2, 0) is 13.6 Å². The Bertz CT molecular complexity index is 1530. The van der Waals surface area contributed by atoms with E-state index in [1.165, 1.54) is 11.0 Å². The molecule has 4 unspecified atom stereocenters. The van der Waals surface area contributed by atoms with Crippen LogP contribution >= 0.6 is 0 Å². The average molecular weight is 618 g/mol. The third kappa shape index (κ3) is 6.80. The molecule has 44 heavy (non-hydrogen) atoms. The zero-order chi connectivity index (χ0) is 31.8. The summed E-state index contributed by atoms with van der Waals surface area (Å²) in [4.78, 5) is 15.5. The Hall–Kier alpha value is -3.80. The maximum absolute atomic E-state index is 14.6. The van der Waals surface area contributed by atoms with E-state index >= 15 is 0 Å². The number of rotatable bonds is 10. The second-order valence-corrected chi connectivity index (χ2v) is 11.8. The number of amides is 1. The number of piperidine rings is 1. The fourth-order valence-corrected chi connectivity index (χ4v) is 6.28. The first-order chi connectivity index (χ1) is 20.9. The van der Waals surface area contributed by atoms with Crippen molar-refractivity contribution in [1.29, 1.82) is 5.41 Å². The van der Waals surface area contributed by atoms with Crippen LogP contribution in [0.3, 0.4) is 0 Å². The van der Waals surface area contributed by atoms with Crippen LogP contribution in [0.1, 0.15) is 65.3 Å². The number of carbonyl (C=O) groups is 1. The lowest BCUT2D eigenvalue weighted by atomic mass is 9.82. The molecule has 0 radical (unpaired) electrons. The van der Waals surface area contributed by atoms with E-state index in [-0.39, 0.29) is 42.8 Å². The summed E-state index contributed by atoms with van der Waals surface area (Å²) in [5.41, 5.74) is 2.09. The SMILES string of the molecule is CCN1CC(F)CC(C(F)(F)F)C1c1cc(Cn2ccn(C)c2=N)cc(C(=O)NC(c2cc(OC)cc(OC)c2)C2CC2)c1. The molecule has 1 aromatic heterocycles. The van der Waals surface area contributed by atoms with E-state index in [9.17, 15) is 22.4 Å². The van der Waals surface area contributed by atoms with Crippen LogP contribution in [0.5, 0.6) is 11.5 Å². The van der Waals surface area contributed by atoms with Gasteiger partial charge in [-0.15, -0.1) is 0 Å². The molecule has 2 N–H and O–H groups in total. The predicted octanol–water partition coefficient (Wildman–Crippen LogP) is 5.54. The van der Waals surface area contributed by atoms with Gasteiger partial charge < -0.3 is 23.9 Å². The summed E-state index contributed by atoms with van der Waals surface area (Å²) in [6.45, 7) is 1.99. The summed E-state index contributed by atoms with van der Waals surface area (Å²) in [6.07, 6.45) is -1.62. The van der Waals surface area contributed by atoms with Gasteiger partial charge >= 0.3 is 6.18 Å². The van der Waals surface area contributed by atoms with Crippen molar-refractivity contribution in [2.24, 2.45) is 18.9 Å². The Balaban J connectivity index is 1.56. The fraction of sp³-hybridized carbons (Fsp3) is 0.500. The van der Waals surface area contributed by atoms with Crippen LogP contribution in [-0.4, -0.2) is 59.6 Å². The van der Waals surface area contributed by atoms with Crippen LogP contribution in [0.15, 0.2) is 48.8 Å². The van der Waals surface area contributed by atoms with E-state index in [2.05, 4.69) is 5.32 Å². The van der Waals surface area contributed by atoms with Gasteiger partial charge in [-0.1, -0.05) is 13.0 Å². The number of halogens is 4. The van der Waals surface area contributed by atoms with Crippen molar-refractivity contribution in [3.05, 3.63) is 76.7 Å². The fourth-order valence-electron chi connectivity index (χ4n) is 6.28. The normalized spacial score (nSPS) is 21.6. The highest BCUT2D eigenvalue weighted by Crippen LogP contribution is 2.46. The number of carbonyl (C=O) groups excluding carboxylic acids is 1. The lowest BCUT2D eigenvalue weighted by Crippen LogP contribution is -2.48. The Morgan fingerprint density at radius 3 is 2.30 bits per heavy atom. The summed E-state index contributed by atoms with van der Waals surface area (Å²) >= 11 is 0. The largest absolute Gasteiger partial charge is 0.497 e. The molecule has 1 saturated heterocycles. The molecule has 1 saturated carbocycles. The smallest absolute Gasteiger partial charge is 0.393 e. The number of nitrogens with one attached hydrogen (secondary N) is 2. The predicted molar refractivity (Wildman–Crippen MR) is 156 cm³/mol. The Labute approximate surface area is 254 Å². The highest BCUT2D eigenvalue weighted by atomic mass is 19.4. The van der Waals surface area contributed by atoms with Crippen LogP contribution in [0, 0.1) is 17.2 Å². The molecular formula is C32H39F4N5O3. The van der Waals surface area contributed by atoms with E-state index in [0.717, 1.165) is 18.4 Å². The van der Waals surface area contributed by atoms with Crippen molar-refractivity contribution >= 4 is 5.91 Å². The summed E-state index contributed by atoms with van der Waals surface area (Å²) in [7, 11) is 4.82. The van der Waals surface area contributed by atoms with E-state index in [0.29, 0.717) is 22.6 Å². The molecule has 12 heteroatoms. The summed E-state index contributed by atoms with van der Waals surface area (Å²) < 4.78 is 71.8. The number of ether oxygens (including phenoxy) is 2. The molecule has 2 aromatic carbocycles. The topological polar surface area (TPSA) is 84.5 Å². The van der Waals surface area contributed by atoms with Crippen molar-refractivity contribution in [2.75, 3.05) is 27.3 Å². The van der Waals surface area contributed by atoms with Crippen molar-refractivity contribution in [3.8, 4) is 11.5 Å². The molecule has 1 amide bonds. The van der Waals surface area contributed by atoms with E-state index in [1.54, 1.807) is 67.9 Å². The van der Waals surface area contributed by atoms with Crippen LogP contribution in [0.25, 0.3) is 0 Å². The molecular weight excluding hydrogens is 578 g/mol. The number of hydrogen-bond acceptors (Lipinski definition) is 5. The van der Waals surface area contributed by atoms with Crippen molar-refractivity contribution < 1.29 is 31.8 Å². The third-order valence-corrected chi connectivity index (χ3v) is 8.70. The van der Waals surface area contributed by atoms with Gasteiger partial charge in [-0.25, -0.2) is 4.39 Å². The molecule has 4 atom stereocenters. The van der Waals surface area contributed by atoms with Gasteiger partial charge in [0.25, 0.3) is 5.91 Å². The molecule has 2 fully saturated rings. The van der Waals surface area contributed by atoms with Gasteiger partial charge in [0, 0.05) is 43.7 Å². The van der Waals surface area contributed by atoms with Crippen molar-refractivity contribution in [3.63, 3.8) is 0 Å². The molecule has 0 bridgehead atoms. The zero-order valence-corrected chi connectivity index (χ0v) is 25.3. The lowest BCUT2D eigenvalue weighted by molar-refractivity contribution is -0.209. The molecule has 2 heterocycles. The first-order valence-electron chi connectivity index (χ1n) is 14.8. The molecule has 1 aliphatic carbocycles. The second kappa shape index (κ2) is 12.7. The van der Waals surface area contributed by atoms with E-state index in [4.69, 9.17) is 14.9 Å². The van der Waals surface area contributed by atoms with Gasteiger partial charge in [-0.2, -0.15) is 13.2 Å². The van der Waals surface area contributed by atoms with Gasteiger partial charge in [0.1, 0.15) is 17.7 Å². The quantitative estimate of drug-likeness (QED) is 0.293. The summed E-state index contributed by atoms with van der Waals surface area (Å²) in [5.74, 6) is -1.01. The van der Waals surface area contributed by atoms with Crippen LogP contribution < -0.4 is 20.4 Å². The first kappa shape index (κ1) is 31.6. The van der Waals surface area contributed by atoms with E-state index in [1.807, 2.05) is 12.1 Å². The average Bonchev–Trinajstić information content (AvgIpc) is 3.80. The van der Waals surface area contributed by atoms with Crippen molar-refractivity contribution in [2.45, 2.75) is 57.2 Å². The number of nitrogens with zero attached hydrogens (tertiary/aromatic N) is 3. The standard InChI is InChI=1S/C32H39F4N5O3/c1-5-40-18-24(33)15-27(32(34,35)36)29(40)22-10-19(17-41-9-8-39(2)31(41)37)11-23(12-22)30(42)38-28(20-6-7-20)21-13-25(43-3)16-26(14-21)44-4/h8-14,16,20,24,27-29,37H,5-7,15,17-18H2,1-4H3,(H,38,42). The van der Waals surface area contributed by atoms with Crippen LogP contribution in [0.4, 0.5) is 17.6 Å². The zero-order valence-electron chi connectivity index (χ0n) is 25.3. The highest BCUT2D eigenvalue weighted by Gasteiger charge is 2.51. The molecule has 5 rings (SSSR count). The Morgan fingerprint density at radius 2 is 1.75 bits per heavy atom. The molecule has 3 aromatic rings. The van der Waals surface area contributed by atoms with Gasteiger partial charge in [-0.05, 0) is 72.7 Å². The number of alkyl halides is 4. The molecule has 0 spiro atoms. The minimum atomic E-state index is -4.63. The Morgan fingerprint density at radius 1 is 1.07 bits per heavy atom. The maximum Gasteiger partial charge on any atom is 0.393 e. The van der Waals surface area contributed by atoms with E-state index < -0.39 is 36.6 Å². The highest BCUT2D eigenvalue weighted by molar-refractivity contribution is 5.95. The Kier molecular flexibility index (Phi) is 9.10. The third-order valence-electron chi connectivity index (χ3n) is 8.70. The number of benzene rings is 2. The summed E-state index contributed by atoms with van der Waals surface area (Å²) in [5, 5.41) is 11.5. The molecule has 2 aliphatic rings. The monoisotopic (exact) mass is 617 g/mol. The number of imidazole rings is 1. The van der Waals surface area contributed by atoms with Crippen molar-refractivity contribution in [1.82, 2.24) is 19.4 Å². The van der Waals surface area contributed by atoms with Gasteiger partial charge in [0.15, 0.2) is 0 Å². The van der Waals surface area contributed by atoms with Gasteiger partial charge in [0.05, 0.1) is 32.7 Å². The van der Waals surface area contributed by atoms with Crippen LogP contribution in [0.2, 0.25) is 0 Å². The summed E-state index contributed by atoms with van der Waals surface area (Å²) in [6, 6.07) is 8.75. The number of aryl methyl sites for hydroxylation is 1. The maximum atomic E-state index is 14.6. The number of hydrogen-bond donors (Lipinski definition) is 2. The molecule has 238 valence electrons. The number of methoxy groups -OCH3 is 2. The molecule has 1 aliphatic heterocycles. The minimum absolute atomic E-state index is 0.120.